The molecule has 16 heavy (non-hydrogen) atoms. The Morgan fingerprint density at radius 1 is 1.44 bits per heavy atom. The second kappa shape index (κ2) is 6.40. The lowest BCUT2D eigenvalue weighted by molar-refractivity contribution is -0.145. The van der Waals surface area contributed by atoms with Crippen LogP contribution < -0.4 is 4.74 Å². The maximum atomic E-state index is 10.3. The van der Waals surface area contributed by atoms with Gasteiger partial charge in [0.1, 0.15) is 5.75 Å². The van der Waals surface area contributed by atoms with Crippen LogP contribution in [-0.2, 0) is 10.5 Å². The number of carboxylic acid groups (broad SMARTS) is 1. The second-order valence-electron chi connectivity index (χ2n) is 3.22. The van der Waals surface area contributed by atoms with Gasteiger partial charge in [0, 0.05) is 11.5 Å². The zero-order chi connectivity index (χ0) is 12.0. The number of thioether (sulfide) groups is 1. The number of carbonyl (C=O) groups is 1. The van der Waals surface area contributed by atoms with Crippen LogP contribution in [0.1, 0.15) is 5.56 Å². The molecule has 2 N–H and O–H groups in total. The van der Waals surface area contributed by atoms with Crippen molar-refractivity contribution in [2.75, 3.05) is 12.9 Å². The smallest absolute Gasteiger partial charge is 0.333 e. The van der Waals surface area contributed by atoms with Gasteiger partial charge in [-0.3, -0.25) is 0 Å². The lowest BCUT2D eigenvalue weighted by atomic mass is 10.2. The fourth-order valence-electron chi connectivity index (χ4n) is 1.08. The molecule has 0 spiro atoms. The van der Waals surface area contributed by atoms with Crippen LogP contribution in [0, 0.1) is 0 Å². The number of hydrogen-bond acceptors (Lipinski definition) is 4. The summed E-state index contributed by atoms with van der Waals surface area (Å²) in [5.74, 6) is 0.483. The monoisotopic (exact) mass is 242 g/mol. The van der Waals surface area contributed by atoms with Gasteiger partial charge in [-0.15, -0.1) is 0 Å². The molecule has 0 saturated heterocycles. The van der Waals surface area contributed by atoms with Crippen molar-refractivity contribution < 1.29 is 19.7 Å². The number of aliphatic carboxylic acids is 1. The highest BCUT2D eigenvalue weighted by Crippen LogP contribution is 2.17. The van der Waals surface area contributed by atoms with E-state index in [1.54, 1.807) is 7.11 Å². The Kier molecular flexibility index (Phi) is 5.14. The van der Waals surface area contributed by atoms with Crippen molar-refractivity contribution >= 4 is 17.7 Å². The number of aliphatic hydroxyl groups is 1. The van der Waals surface area contributed by atoms with Gasteiger partial charge in [-0.1, -0.05) is 12.1 Å². The highest BCUT2D eigenvalue weighted by molar-refractivity contribution is 7.98. The van der Waals surface area contributed by atoms with Crippen LogP contribution in [0.4, 0.5) is 0 Å². The van der Waals surface area contributed by atoms with Crippen LogP contribution in [0.15, 0.2) is 24.3 Å². The molecular weight excluding hydrogens is 228 g/mol. The fourth-order valence-corrected chi connectivity index (χ4v) is 1.99. The summed E-state index contributed by atoms with van der Waals surface area (Å²) >= 11 is 1.38. The fraction of sp³-hybridized carbons (Fsp3) is 0.364. The third kappa shape index (κ3) is 4.12. The van der Waals surface area contributed by atoms with Crippen molar-refractivity contribution in [2.45, 2.75) is 11.9 Å². The lowest BCUT2D eigenvalue weighted by Crippen LogP contribution is -2.21. The molecule has 0 aromatic heterocycles. The van der Waals surface area contributed by atoms with Crippen molar-refractivity contribution in [2.24, 2.45) is 0 Å². The van der Waals surface area contributed by atoms with Gasteiger partial charge in [-0.25, -0.2) is 4.79 Å². The normalized spacial score (nSPS) is 12.1. The van der Waals surface area contributed by atoms with E-state index in [1.807, 2.05) is 24.3 Å². The molecule has 1 aromatic carbocycles. The SMILES string of the molecule is COc1ccc(CSCC(O)C(=O)O)cc1. The first-order valence-electron chi connectivity index (χ1n) is 4.75. The largest absolute Gasteiger partial charge is 0.497 e. The quantitative estimate of drug-likeness (QED) is 0.788. The van der Waals surface area contributed by atoms with E-state index in [-0.39, 0.29) is 5.75 Å². The number of carboxylic acids is 1. The second-order valence-corrected chi connectivity index (χ2v) is 4.25. The number of benzene rings is 1. The molecule has 1 aromatic rings. The maximum absolute atomic E-state index is 10.3. The van der Waals surface area contributed by atoms with E-state index in [0.29, 0.717) is 5.75 Å². The van der Waals surface area contributed by atoms with Gasteiger partial charge in [0.25, 0.3) is 0 Å². The molecule has 1 atom stereocenters. The summed E-state index contributed by atoms with van der Waals surface area (Å²) in [5, 5.41) is 17.5. The predicted molar refractivity (Wildman–Crippen MR) is 62.8 cm³/mol. The highest BCUT2D eigenvalue weighted by atomic mass is 32.2. The van der Waals surface area contributed by atoms with Gasteiger partial charge in [-0.05, 0) is 17.7 Å². The summed E-state index contributed by atoms with van der Waals surface area (Å²) < 4.78 is 5.02. The molecular formula is C11H14O4S. The number of hydrogen-bond donors (Lipinski definition) is 2. The van der Waals surface area contributed by atoms with Crippen molar-refractivity contribution in [3.63, 3.8) is 0 Å². The molecule has 88 valence electrons. The van der Waals surface area contributed by atoms with E-state index < -0.39 is 12.1 Å². The van der Waals surface area contributed by atoms with Gasteiger partial charge in [0.2, 0.25) is 0 Å². The van der Waals surface area contributed by atoms with Crippen LogP contribution in [0.2, 0.25) is 0 Å². The summed E-state index contributed by atoms with van der Waals surface area (Å²) in [6, 6.07) is 7.53. The highest BCUT2D eigenvalue weighted by Gasteiger charge is 2.12. The molecule has 0 radical (unpaired) electrons. The average molecular weight is 242 g/mol. The van der Waals surface area contributed by atoms with E-state index in [4.69, 9.17) is 14.9 Å². The number of methoxy groups -OCH3 is 1. The lowest BCUT2D eigenvalue weighted by Gasteiger charge is -2.05. The Labute approximate surface area is 98.2 Å². The van der Waals surface area contributed by atoms with Crippen molar-refractivity contribution in [1.82, 2.24) is 0 Å². The van der Waals surface area contributed by atoms with E-state index >= 15 is 0 Å². The predicted octanol–water partition coefficient (Wildman–Crippen LogP) is 1.37. The molecule has 1 unspecified atom stereocenters. The Balaban J connectivity index is 2.34. The van der Waals surface area contributed by atoms with Crippen LogP contribution in [0.5, 0.6) is 5.75 Å². The molecule has 0 bridgehead atoms. The van der Waals surface area contributed by atoms with E-state index in [0.717, 1.165) is 11.3 Å². The molecule has 0 heterocycles. The zero-order valence-corrected chi connectivity index (χ0v) is 9.74. The molecule has 0 amide bonds. The molecule has 0 saturated carbocycles. The minimum atomic E-state index is -1.29. The topological polar surface area (TPSA) is 66.8 Å². The number of aliphatic hydroxyl groups excluding tert-OH is 1. The summed E-state index contributed by atoms with van der Waals surface area (Å²) in [7, 11) is 1.60. The number of ether oxygens (including phenoxy) is 1. The molecule has 0 aliphatic rings. The minimum Gasteiger partial charge on any atom is -0.497 e. The number of rotatable bonds is 6. The average Bonchev–Trinajstić information content (AvgIpc) is 2.29. The van der Waals surface area contributed by atoms with Crippen LogP contribution in [0.3, 0.4) is 0 Å². The summed E-state index contributed by atoms with van der Waals surface area (Å²) in [6.45, 7) is 0. The van der Waals surface area contributed by atoms with Gasteiger partial charge in [0.15, 0.2) is 6.10 Å². The molecule has 0 fully saturated rings. The Hall–Kier alpha value is -1.20. The first-order chi connectivity index (χ1) is 7.63. The van der Waals surface area contributed by atoms with Crippen LogP contribution >= 0.6 is 11.8 Å². The van der Waals surface area contributed by atoms with Crippen LogP contribution in [-0.4, -0.2) is 35.1 Å². The van der Waals surface area contributed by atoms with Gasteiger partial charge < -0.3 is 14.9 Å². The van der Waals surface area contributed by atoms with Crippen molar-refractivity contribution in [3.05, 3.63) is 29.8 Å². The van der Waals surface area contributed by atoms with Gasteiger partial charge in [0.05, 0.1) is 7.11 Å². The van der Waals surface area contributed by atoms with E-state index in [1.165, 1.54) is 11.8 Å². The first kappa shape index (κ1) is 12.9. The zero-order valence-electron chi connectivity index (χ0n) is 8.92. The van der Waals surface area contributed by atoms with Crippen LogP contribution in [0.25, 0.3) is 0 Å². The molecule has 4 nitrogen and oxygen atoms in total. The molecule has 1 rings (SSSR count). The standard InChI is InChI=1S/C11H14O4S/c1-15-9-4-2-8(3-5-9)6-16-7-10(12)11(13)14/h2-5,10,12H,6-7H2,1H3,(H,13,14). The Morgan fingerprint density at radius 3 is 2.56 bits per heavy atom. The molecule has 0 aliphatic carbocycles. The third-order valence-corrected chi connectivity index (χ3v) is 3.08. The third-order valence-electron chi connectivity index (χ3n) is 1.99. The van der Waals surface area contributed by atoms with E-state index in [2.05, 4.69) is 0 Å². The minimum absolute atomic E-state index is 0.196. The van der Waals surface area contributed by atoms with E-state index in [9.17, 15) is 4.79 Å². The Morgan fingerprint density at radius 2 is 2.06 bits per heavy atom. The summed E-state index contributed by atoms with van der Waals surface area (Å²) in [5.41, 5.74) is 1.07. The first-order valence-corrected chi connectivity index (χ1v) is 5.90. The maximum Gasteiger partial charge on any atom is 0.333 e. The van der Waals surface area contributed by atoms with Crippen molar-refractivity contribution in [3.8, 4) is 5.75 Å². The summed E-state index contributed by atoms with van der Waals surface area (Å²) in [6.07, 6.45) is -1.29. The van der Waals surface area contributed by atoms with Crippen molar-refractivity contribution in [1.29, 1.82) is 0 Å². The molecule has 5 heteroatoms. The van der Waals surface area contributed by atoms with Gasteiger partial charge in [-0.2, -0.15) is 11.8 Å². The molecule has 0 aliphatic heterocycles. The van der Waals surface area contributed by atoms with Gasteiger partial charge >= 0.3 is 5.97 Å². The Bertz CT molecular complexity index is 336. The summed E-state index contributed by atoms with van der Waals surface area (Å²) in [4.78, 5) is 10.3.